The quantitative estimate of drug-likeness (QED) is 0.830. The second kappa shape index (κ2) is 5.59. The van der Waals surface area contributed by atoms with Crippen molar-refractivity contribution < 1.29 is 4.79 Å². The average molecular weight is 281 g/mol. The summed E-state index contributed by atoms with van der Waals surface area (Å²) in [6, 6.07) is 7.93. The minimum absolute atomic E-state index is 0. The average Bonchev–Trinajstić information content (AvgIpc) is 2.82. The van der Waals surface area contributed by atoms with Gasteiger partial charge in [-0.05, 0) is 13.0 Å². The van der Waals surface area contributed by atoms with E-state index in [1.54, 1.807) is 0 Å². The van der Waals surface area contributed by atoms with Gasteiger partial charge in [0, 0.05) is 31.1 Å². The molecule has 0 unspecified atom stereocenters. The van der Waals surface area contributed by atoms with Gasteiger partial charge < -0.3 is 10.2 Å². The molecule has 1 aromatic carbocycles. The fourth-order valence-corrected chi connectivity index (χ4v) is 2.41. The van der Waals surface area contributed by atoms with Crippen LogP contribution in [0.15, 0.2) is 24.3 Å². The van der Waals surface area contributed by atoms with Gasteiger partial charge in [0.05, 0.1) is 5.52 Å². The van der Waals surface area contributed by atoms with E-state index >= 15 is 0 Å². The van der Waals surface area contributed by atoms with Gasteiger partial charge in [0.15, 0.2) is 5.69 Å². The standard InChI is InChI=1S/C13H16N4O.ClH/c1-9-8-14-6-7-17(9)13(18)12-10-4-2-3-5-11(10)15-16-12;/h2-5,9,14H,6-8H2,1H3,(H,15,16);1H/t9-;/m1./s1. The van der Waals surface area contributed by atoms with E-state index in [1.807, 2.05) is 29.2 Å². The van der Waals surface area contributed by atoms with Gasteiger partial charge in [-0.3, -0.25) is 9.89 Å². The molecule has 2 aromatic rings. The molecular weight excluding hydrogens is 264 g/mol. The summed E-state index contributed by atoms with van der Waals surface area (Å²) < 4.78 is 0. The zero-order valence-electron chi connectivity index (χ0n) is 10.7. The van der Waals surface area contributed by atoms with Crippen LogP contribution in [0.1, 0.15) is 17.4 Å². The monoisotopic (exact) mass is 280 g/mol. The molecule has 6 heteroatoms. The Morgan fingerprint density at radius 1 is 1.42 bits per heavy atom. The molecule has 0 aliphatic carbocycles. The summed E-state index contributed by atoms with van der Waals surface area (Å²) in [6.07, 6.45) is 0. The Balaban J connectivity index is 0.00000133. The Morgan fingerprint density at radius 3 is 3.00 bits per heavy atom. The van der Waals surface area contributed by atoms with Crippen molar-refractivity contribution in [3.8, 4) is 0 Å². The summed E-state index contributed by atoms with van der Waals surface area (Å²) >= 11 is 0. The fraction of sp³-hybridized carbons (Fsp3) is 0.385. The van der Waals surface area contributed by atoms with Crippen LogP contribution in [0.5, 0.6) is 0 Å². The number of carbonyl (C=O) groups excluding carboxylic acids is 1. The van der Waals surface area contributed by atoms with Crippen molar-refractivity contribution >= 4 is 29.2 Å². The molecule has 1 aromatic heterocycles. The fourth-order valence-electron chi connectivity index (χ4n) is 2.41. The number of para-hydroxylation sites is 1. The summed E-state index contributed by atoms with van der Waals surface area (Å²) in [5, 5.41) is 11.3. The van der Waals surface area contributed by atoms with Gasteiger partial charge in [0.2, 0.25) is 0 Å². The van der Waals surface area contributed by atoms with Gasteiger partial charge in [-0.1, -0.05) is 18.2 Å². The van der Waals surface area contributed by atoms with Crippen molar-refractivity contribution in [1.82, 2.24) is 20.4 Å². The molecular formula is C13H17ClN4O. The highest BCUT2D eigenvalue weighted by atomic mass is 35.5. The molecule has 19 heavy (non-hydrogen) atoms. The van der Waals surface area contributed by atoms with Crippen LogP contribution in [-0.4, -0.2) is 46.7 Å². The van der Waals surface area contributed by atoms with Crippen LogP contribution in [-0.2, 0) is 0 Å². The van der Waals surface area contributed by atoms with Crippen LogP contribution in [0, 0.1) is 0 Å². The van der Waals surface area contributed by atoms with E-state index < -0.39 is 0 Å². The third-order valence-electron chi connectivity index (χ3n) is 3.44. The number of hydrogen-bond donors (Lipinski definition) is 2. The van der Waals surface area contributed by atoms with Crippen LogP contribution >= 0.6 is 12.4 Å². The zero-order valence-corrected chi connectivity index (χ0v) is 11.5. The number of fused-ring (bicyclic) bond motifs is 1. The number of H-pyrrole nitrogens is 1. The predicted octanol–water partition coefficient (Wildman–Crippen LogP) is 1.42. The van der Waals surface area contributed by atoms with Gasteiger partial charge in [-0.2, -0.15) is 5.10 Å². The van der Waals surface area contributed by atoms with Gasteiger partial charge >= 0.3 is 0 Å². The minimum Gasteiger partial charge on any atom is -0.332 e. The molecule has 1 saturated heterocycles. The first kappa shape index (κ1) is 13.8. The summed E-state index contributed by atoms with van der Waals surface area (Å²) in [4.78, 5) is 14.4. The Morgan fingerprint density at radius 2 is 2.21 bits per heavy atom. The van der Waals surface area contributed by atoms with Gasteiger partial charge in [0.1, 0.15) is 0 Å². The second-order valence-electron chi connectivity index (χ2n) is 4.67. The van der Waals surface area contributed by atoms with Gasteiger partial charge in [0.25, 0.3) is 5.91 Å². The highest BCUT2D eigenvalue weighted by Crippen LogP contribution is 2.18. The van der Waals surface area contributed by atoms with Gasteiger partial charge in [-0.25, -0.2) is 0 Å². The number of amides is 1. The van der Waals surface area contributed by atoms with Crippen LogP contribution in [0.25, 0.3) is 10.9 Å². The third-order valence-corrected chi connectivity index (χ3v) is 3.44. The largest absolute Gasteiger partial charge is 0.332 e. The number of hydrogen-bond acceptors (Lipinski definition) is 3. The second-order valence-corrected chi connectivity index (χ2v) is 4.67. The molecule has 0 bridgehead atoms. The van der Waals surface area contributed by atoms with E-state index in [0.717, 1.165) is 30.5 Å². The summed E-state index contributed by atoms with van der Waals surface area (Å²) in [6.45, 7) is 4.48. The molecule has 1 amide bonds. The number of piperazine rings is 1. The van der Waals surface area contributed by atoms with E-state index in [2.05, 4.69) is 22.4 Å². The normalized spacial score (nSPS) is 19.2. The molecule has 1 aliphatic rings. The van der Waals surface area contributed by atoms with Crippen LogP contribution < -0.4 is 5.32 Å². The number of benzene rings is 1. The number of nitrogens with one attached hydrogen (secondary N) is 2. The molecule has 2 N–H and O–H groups in total. The van der Waals surface area contributed by atoms with E-state index in [-0.39, 0.29) is 24.4 Å². The van der Waals surface area contributed by atoms with E-state index in [4.69, 9.17) is 0 Å². The first-order chi connectivity index (χ1) is 8.77. The highest BCUT2D eigenvalue weighted by Gasteiger charge is 2.26. The number of aromatic amines is 1. The molecule has 0 spiro atoms. The lowest BCUT2D eigenvalue weighted by molar-refractivity contribution is 0.0651. The summed E-state index contributed by atoms with van der Waals surface area (Å²) in [5.74, 6) is 0.0152. The molecule has 102 valence electrons. The molecule has 1 aliphatic heterocycles. The van der Waals surface area contributed by atoms with Gasteiger partial charge in [-0.15, -0.1) is 12.4 Å². The van der Waals surface area contributed by atoms with Crippen molar-refractivity contribution in [3.63, 3.8) is 0 Å². The van der Waals surface area contributed by atoms with Crippen LogP contribution in [0.3, 0.4) is 0 Å². The minimum atomic E-state index is 0. The molecule has 2 heterocycles. The number of nitrogens with zero attached hydrogens (tertiary/aromatic N) is 2. The number of aromatic nitrogens is 2. The van der Waals surface area contributed by atoms with Crippen molar-refractivity contribution in [2.75, 3.05) is 19.6 Å². The lowest BCUT2D eigenvalue weighted by atomic mass is 10.1. The Labute approximate surface area is 117 Å². The van der Waals surface area contributed by atoms with E-state index in [1.165, 1.54) is 0 Å². The van der Waals surface area contributed by atoms with Crippen molar-refractivity contribution in [1.29, 1.82) is 0 Å². The first-order valence-electron chi connectivity index (χ1n) is 6.22. The van der Waals surface area contributed by atoms with Crippen molar-refractivity contribution in [2.45, 2.75) is 13.0 Å². The number of rotatable bonds is 1. The maximum Gasteiger partial charge on any atom is 0.275 e. The maximum atomic E-state index is 12.5. The van der Waals surface area contributed by atoms with Crippen LogP contribution in [0.4, 0.5) is 0 Å². The number of carbonyl (C=O) groups is 1. The van der Waals surface area contributed by atoms with Crippen molar-refractivity contribution in [3.05, 3.63) is 30.0 Å². The maximum absolute atomic E-state index is 12.5. The Kier molecular flexibility index (Phi) is 4.07. The number of halogens is 1. The zero-order chi connectivity index (χ0) is 12.5. The van der Waals surface area contributed by atoms with Crippen molar-refractivity contribution in [2.24, 2.45) is 0 Å². The molecule has 0 saturated carbocycles. The SMILES string of the molecule is C[C@@H]1CNCCN1C(=O)c1n[nH]c2ccccc12.Cl. The summed E-state index contributed by atoms with van der Waals surface area (Å²) in [7, 11) is 0. The molecule has 1 fully saturated rings. The lowest BCUT2D eigenvalue weighted by Gasteiger charge is -2.33. The molecule has 5 nitrogen and oxygen atoms in total. The van der Waals surface area contributed by atoms with E-state index in [0.29, 0.717) is 5.69 Å². The highest BCUT2D eigenvalue weighted by molar-refractivity contribution is 6.04. The van der Waals surface area contributed by atoms with Crippen LogP contribution in [0.2, 0.25) is 0 Å². The third kappa shape index (κ3) is 2.43. The molecule has 1 atom stereocenters. The molecule has 3 rings (SSSR count). The summed E-state index contributed by atoms with van der Waals surface area (Å²) in [5.41, 5.74) is 1.43. The Hall–Kier alpha value is -1.59. The molecule has 0 radical (unpaired) electrons. The Bertz CT molecular complexity index is 583. The smallest absolute Gasteiger partial charge is 0.275 e. The van der Waals surface area contributed by atoms with E-state index in [9.17, 15) is 4.79 Å². The topological polar surface area (TPSA) is 61.0 Å². The first-order valence-corrected chi connectivity index (χ1v) is 6.22. The lowest BCUT2D eigenvalue weighted by Crippen LogP contribution is -2.52. The predicted molar refractivity (Wildman–Crippen MR) is 76.7 cm³/mol.